The molecule has 1 N–H and O–H groups in total. The Morgan fingerprint density at radius 2 is 2.00 bits per heavy atom. The maximum atomic E-state index is 5.98. The van der Waals surface area contributed by atoms with Crippen LogP contribution >= 0.6 is 35.6 Å². The van der Waals surface area contributed by atoms with Crippen molar-refractivity contribution in [1.29, 1.82) is 0 Å². The molecule has 3 rings (SSSR count). The van der Waals surface area contributed by atoms with Crippen LogP contribution in [0.4, 0.5) is 0 Å². The molecule has 1 aromatic carbocycles. The maximum Gasteiger partial charge on any atom is 0.193 e. The van der Waals surface area contributed by atoms with E-state index in [2.05, 4.69) is 51.1 Å². The number of aliphatic imine (C=N–C) groups is 1. The summed E-state index contributed by atoms with van der Waals surface area (Å²) < 4.78 is 2.33. The summed E-state index contributed by atoms with van der Waals surface area (Å²) in [6, 6.07) is 7.96. The van der Waals surface area contributed by atoms with Gasteiger partial charge in [-0.25, -0.2) is 0 Å². The van der Waals surface area contributed by atoms with Crippen LogP contribution in [0.2, 0.25) is 5.02 Å². The van der Waals surface area contributed by atoms with Gasteiger partial charge in [-0.1, -0.05) is 30.2 Å². The van der Waals surface area contributed by atoms with Gasteiger partial charge in [0.15, 0.2) is 5.96 Å². The second-order valence-electron chi connectivity index (χ2n) is 7.32. The van der Waals surface area contributed by atoms with E-state index in [0.29, 0.717) is 0 Å². The predicted molar refractivity (Wildman–Crippen MR) is 130 cm³/mol. The van der Waals surface area contributed by atoms with Crippen molar-refractivity contribution in [3.63, 3.8) is 0 Å². The Hall–Kier alpha value is -1.35. The Bertz CT molecular complexity index is 774. The van der Waals surface area contributed by atoms with Gasteiger partial charge in [0.2, 0.25) is 0 Å². The van der Waals surface area contributed by atoms with E-state index in [-0.39, 0.29) is 24.0 Å². The summed E-state index contributed by atoms with van der Waals surface area (Å²) in [5.74, 6) is 3.20. The molecule has 2 aromatic rings. The van der Waals surface area contributed by atoms with Crippen molar-refractivity contribution in [3.05, 3.63) is 46.5 Å². The summed E-state index contributed by atoms with van der Waals surface area (Å²) in [6.07, 6.45) is 6.72. The first-order valence-corrected chi connectivity index (χ1v) is 10.7. The van der Waals surface area contributed by atoms with Crippen LogP contribution in [-0.2, 0) is 25.9 Å². The van der Waals surface area contributed by atoms with E-state index in [1.807, 2.05) is 12.1 Å². The smallest absolute Gasteiger partial charge is 0.193 e. The maximum absolute atomic E-state index is 5.98. The molecule has 0 radical (unpaired) electrons. The van der Waals surface area contributed by atoms with E-state index in [4.69, 9.17) is 16.6 Å². The molecule has 0 atom stereocenters. The van der Waals surface area contributed by atoms with Crippen LogP contribution in [0.15, 0.2) is 29.3 Å². The lowest BCUT2D eigenvalue weighted by Gasteiger charge is -2.22. The van der Waals surface area contributed by atoms with Gasteiger partial charge in [0, 0.05) is 51.1 Å². The molecule has 0 saturated carbocycles. The number of hydrogen-bond donors (Lipinski definition) is 1. The molecule has 0 spiro atoms. The van der Waals surface area contributed by atoms with Gasteiger partial charge in [-0.2, -0.15) is 0 Å². The van der Waals surface area contributed by atoms with Crippen molar-refractivity contribution in [2.75, 3.05) is 20.1 Å². The normalized spacial score (nSPS) is 14.0. The highest BCUT2D eigenvalue weighted by Gasteiger charge is 2.14. The van der Waals surface area contributed by atoms with Crippen LogP contribution in [0, 0.1) is 0 Å². The summed E-state index contributed by atoms with van der Waals surface area (Å²) in [4.78, 5) is 6.95. The average Bonchev–Trinajstić information content (AvgIpc) is 2.92. The zero-order valence-electron chi connectivity index (χ0n) is 17.4. The van der Waals surface area contributed by atoms with Gasteiger partial charge in [0.05, 0.1) is 0 Å². The molecule has 0 saturated heterocycles. The Morgan fingerprint density at radius 1 is 1.21 bits per heavy atom. The van der Waals surface area contributed by atoms with Crippen LogP contribution in [0.3, 0.4) is 0 Å². The second-order valence-corrected chi connectivity index (χ2v) is 7.75. The van der Waals surface area contributed by atoms with E-state index in [9.17, 15) is 0 Å². The van der Waals surface area contributed by atoms with Gasteiger partial charge in [-0.05, 0) is 43.9 Å². The highest BCUT2D eigenvalue weighted by Crippen LogP contribution is 2.15. The summed E-state index contributed by atoms with van der Waals surface area (Å²) in [5.41, 5.74) is 1.21. The van der Waals surface area contributed by atoms with E-state index in [1.54, 1.807) is 0 Å². The van der Waals surface area contributed by atoms with Gasteiger partial charge in [-0.3, -0.25) is 4.99 Å². The molecule has 1 aromatic heterocycles. The molecule has 2 heterocycles. The zero-order chi connectivity index (χ0) is 19.8. The lowest BCUT2D eigenvalue weighted by molar-refractivity contribution is 0.476. The van der Waals surface area contributed by atoms with Crippen LogP contribution in [0.5, 0.6) is 0 Å². The highest BCUT2D eigenvalue weighted by atomic mass is 127. The number of aromatic nitrogens is 3. The van der Waals surface area contributed by atoms with Crippen LogP contribution < -0.4 is 5.32 Å². The molecule has 1 aliphatic rings. The monoisotopic (exact) mass is 530 g/mol. The molecule has 0 fully saturated rings. The molecule has 160 valence electrons. The molecule has 0 bridgehead atoms. The van der Waals surface area contributed by atoms with Crippen molar-refractivity contribution in [1.82, 2.24) is 25.0 Å². The number of nitrogens with zero attached hydrogens (tertiary/aromatic N) is 5. The minimum Gasteiger partial charge on any atom is -0.357 e. The fraction of sp³-hybridized carbons (Fsp3) is 0.571. The standard InChI is InChI=1S/C21H31ClN6.HI/c1-3-23-21(27(2)16-17-10-12-18(22)13-11-17)24-14-7-9-20-26-25-19-8-5-4-6-15-28(19)20;/h10-13H,3-9,14-16H2,1-2H3,(H,23,24);1H. The average molecular weight is 531 g/mol. The minimum absolute atomic E-state index is 0. The fourth-order valence-corrected chi connectivity index (χ4v) is 3.69. The third-order valence-corrected chi connectivity index (χ3v) is 5.29. The number of nitrogens with one attached hydrogen (secondary N) is 1. The SMILES string of the molecule is CCNC(=NCCCc1nnc2n1CCCCC2)N(C)Cc1ccc(Cl)cc1.I. The van der Waals surface area contributed by atoms with Crippen molar-refractivity contribution in [2.45, 2.75) is 58.5 Å². The largest absolute Gasteiger partial charge is 0.357 e. The first-order valence-electron chi connectivity index (χ1n) is 10.3. The summed E-state index contributed by atoms with van der Waals surface area (Å²) >= 11 is 5.98. The first kappa shape index (κ1) is 23.9. The van der Waals surface area contributed by atoms with Crippen LogP contribution in [0.1, 0.15) is 49.8 Å². The van der Waals surface area contributed by atoms with Crippen molar-refractivity contribution in [3.8, 4) is 0 Å². The van der Waals surface area contributed by atoms with Gasteiger partial charge >= 0.3 is 0 Å². The zero-order valence-corrected chi connectivity index (χ0v) is 20.5. The summed E-state index contributed by atoms with van der Waals surface area (Å²) in [7, 11) is 2.06. The first-order chi connectivity index (χ1) is 13.7. The molecule has 0 aliphatic carbocycles. The van der Waals surface area contributed by atoms with Crippen molar-refractivity contribution >= 4 is 41.5 Å². The number of benzene rings is 1. The fourth-order valence-electron chi connectivity index (χ4n) is 3.56. The van der Waals surface area contributed by atoms with E-state index >= 15 is 0 Å². The Labute approximate surface area is 196 Å². The topological polar surface area (TPSA) is 58.3 Å². The van der Waals surface area contributed by atoms with E-state index in [1.165, 1.54) is 24.8 Å². The summed E-state index contributed by atoms with van der Waals surface area (Å²) in [5, 5.41) is 13.0. The molecule has 0 amide bonds. The van der Waals surface area contributed by atoms with Gasteiger partial charge in [-0.15, -0.1) is 34.2 Å². The third-order valence-electron chi connectivity index (χ3n) is 5.04. The van der Waals surface area contributed by atoms with E-state index < -0.39 is 0 Å². The Balaban J connectivity index is 0.00000300. The number of guanidine groups is 1. The van der Waals surface area contributed by atoms with Gasteiger partial charge < -0.3 is 14.8 Å². The van der Waals surface area contributed by atoms with Gasteiger partial charge in [0.25, 0.3) is 0 Å². The molecular formula is C21H32ClIN6. The number of aryl methyl sites for hydroxylation is 2. The number of fused-ring (bicyclic) bond motifs is 1. The quantitative estimate of drug-likeness (QED) is 0.251. The van der Waals surface area contributed by atoms with Crippen molar-refractivity contribution < 1.29 is 0 Å². The Kier molecular flexibility index (Phi) is 10.2. The lowest BCUT2D eigenvalue weighted by Crippen LogP contribution is -2.38. The number of halogens is 2. The molecule has 29 heavy (non-hydrogen) atoms. The predicted octanol–water partition coefficient (Wildman–Crippen LogP) is 4.31. The Morgan fingerprint density at radius 3 is 2.76 bits per heavy atom. The minimum atomic E-state index is 0. The van der Waals surface area contributed by atoms with Crippen molar-refractivity contribution in [2.24, 2.45) is 4.99 Å². The second kappa shape index (κ2) is 12.4. The molecule has 1 aliphatic heterocycles. The lowest BCUT2D eigenvalue weighted by atomic mass is 10.2. The molecule has 0 unspecified atom stereocenters. The molecular weight excluding hydrogens is 499 g/mol. The third kappa shape index (κ3) is 7.13. The molecule has 8 heteroatoms. The van der Waals surface area contributed by atoms with Gasteiger partial charge in [0.1, 0.15) is 11.6 Å². The van der Waals surface area contributed by atoms with Crippen LogP contribution in [-0.4, -0.2) is 45.8 Å². The highest BCUT2D eigenvalue weighted by molar-refractivity contribution is 14.0. The number of hydrogen-bond acceptors (Lipinski definition) is 3. The van der Waals surface area contributed by atoms with Crippen LogP contribution in [0.25, 0.3) is 0 Å². The van der Waals surface area contributed by atoms with E-state index in [0.717, 1.165) is 68.1 Å². The summed E-state index contributed by atoms with van der Waals surface area (Å²) in [6.45, 7) is 5.57. The molecule has 6 nitrogen and oxygen atoms in total. The number of rotatable bonds is 7.